The van der Waals surface area contributed by atoms with E-state index in [1.807, 2.05) is 0 Å². The summed E-state index contributed by atoms with van der Waals surface area (Å²) in [4.78, 5) is 11.6. The van der Waals surface area contributed by atoms with Gasteiger partial charge in [0.25, 0.3) is 15.0 Å². The van der Waals surface area contributed by atoms with E-state index in [0.29, 0.717) is 4.47 Å². The van der Waals surface area contributed by atoms with E-state index < -0.39 is 9.05 Å². The molecule has 2 rings (SSSR count). The van der Waals surface area contributed by atoms with E-state index in [1.54, 1.807) is 6.07 Å². The zero-order valence-electron chi connectivity index (χ0n) is 11.1. The van der Waals surface area contributed by atoms with Crippen LogP contribution < -0.4 is 10.1 Å². The van der Waals surface area contributed by atoms with Crippen LogP contribution in [0, 0.1) is 0 Å². The van der Waals surface area contributed by atoms with Gasteiger partial charge in [0.1, 0.15) is 10.6 Å². The van der Waals surface area contributed by atoms with Gasteiger partial charge in [-0.2, -0.15) is 0 Å². The molecule has 1 aromatic carbocycles. The SMILES string of the molecule is O=C(COc1ccc(Br)cc1S(=O)(=O)Cl)NC1CCCC1. The molecule has 0 aromatic heterocycles. The van der Waals surface area contributed by atoms with E-state index in [-0.39, 0.29) is 29.2 Å². The van der Waals surface area contributed by atoms with Crippen LogP contribution in [-0.2, 0) is 13.8 Å². The summed E-state index contributed by atoms with van der Waals surface area (Å²) in [6, 6.07) is 4.62. The third-order valence-electron chi connectivity index (χ3n) is 3.25. The Hall–Kier alpha value is -0.790. The highest BCUT2D eigenvalue weighted by Crippen LogP contribution is 2.30. The molecule has 0 saturated heterocycles. The minimum atomic E-state index is -3.94. The van der Waals surface area contributed by atoms with Crippen molar-refractivity contribution in [1.82, 2.24) is 5.32 Å². The lowest BCUT2D eigenvalue weighted by Gasteiger charge is -2.13. The molecule has 1 aliphatic carbocycles. The van der Waals surface area contributed by atoms with Gasteiger partial charge in [0.2, 0.25) is 0 Å². The molecule has 0 radical (unpaired) electrons. The average molecular weight is 397 g/mol. The van der Waals surface area contributed by atoms with Crippen LogP contribution in [0.3, 0.4) is 0 Å². The number of ether oxygens (including phenoxy) is 1. The fourth-order valence-corrected chi connectivity index (χ4v) is 3.78. The maximum Gasteiger partial charge on any atom is 0.265 e. The molecule has 0 aliphatic heterocycles. The van der Waals surface area contributed by atoms with Gasteiger partial charge in [-0.05, 0) is 31.0 Å². The van der Waals surface area contributed by atoms with Gasteiger partial charge in [-0.15, -0.1) is 0 Å². The van der Waals surface area contributed by atoms with Gasteiger partial charge in [0.05, 0.1) is 0 Å². The number of rotatable bonds is 5. The first-order valence-corrected chi connectivity index (χ1v) is 9.63. The second kappa shape index (κ2) is 6.98. The van der Waals surface area contributed by atoms with Crippen LogP contribution in [-0.4, -0.2) is 27.0 Å². The summed E-state index contributed by atoms with van der Waals surface area (Å²) in [7, 11) is 1.42. The quantitative estimate of drug-likeness (QED) is 0.777. The van der Waals surface area contributed by atoms with Crippen molar-refractivity contribution < 1.29 is 17.9 Å². The molecule has 1 amide bonds. The zero-order chi connectivity index (χ0) is 15.5. The number of amides is 1. The van der Waals surface area contributed by atoms with Crippen molar-refractivity contribution in [2.45, 2.75) is 36.6 Å². The van der Waals surface area contributed by atoms with Crippen LogP contribution in [0.25, 0.3) is 0 Å². The average Bonchev–Trinajstić information content (AvgIpc) is 2.89. The maximum absolute atomic E-state index is 11.8. The molecule has 0 unspecified atom stereocenters. The van der Waals surface area contributed by atoms with Crippen LogP contribution in [0.5, 0.6) is 5.75 Å². The third-order valence-corrected chi connectivity index (χ3v) is 5.08. The molecule has 1 saturated carbocycles. The van der Waals surface area contributed by atoms with E-state index in [4.69, 9.17) is 15.4 Å². The van der Waals surface area contributed by atoms with E-state index in [9.17, 15) is 13.2 Å². The molecule has 0 heterocycles. The van der Waals surface area contributed by atoms with E-state index in [2.05, 4.69) is 21.2 Å². The second-order valence-corrected chi connectivity index (χ2v) is 8.32. The van der Waals surface area contributed by atoms with E-state index >= 15 is 0 Å². The Bertz CT molecular complexity index is 629. The number of carbonyl (C=O) groups excluding carboxylic acids is 1. The van der Waals surface area contributed by atoms with Crippen LogP contribution in [0.1, 0.15) is 25.7 Å². The van der Waals surface area contributed by atoms with Crippen molar-refractivity contribution in [2.24, 2.45) is 0 Å². The minimum absolute atomic E-state index is 0.0646. The Labute approximate surface area is 136 Å². The molecule has 1 aliphatic rings. The lowest BCUT2D eigenvalue weighted by molar-refractivity contribution is -0.123. The van der Waals surface area contributed by atoms with E-state index in [1.165, 1.54) is 12.1 Å². The molecule has 1 N–H and O–H groups in total. The number of hydrogen-bond donors (Lipinski definition) is 1. The Morgan fingerprint density at radius 3 is 2.67 bits per heavy atom. The molecule has 5 nitrogen and oxygen atoms in total. The number of halogens is 2. The molecule has 8 heteroatoms. The smallest absolute Gasteiger partial charge is 0.265 e. The molecular formula is C13H15BrClNO4S. The second-order valence-electron chi connectivity index (χ2n) is 4.87. The van der Waals surface area contributed by atoms with Crippen LogP contribution >= 0.6 is 26.6 Å². The highest BCUT2D eigenvalue weighted by atomic mass is 79.9. The van der Waals surface area contributed by atoms with Crippen molar-refractivity contribution in [2.75, 3.05) is 6.61 Å². The van der Waals surface area contributed by atoms with Gasteiger partial charge in [-0.25, -0.2) is 8.42 Å². The minimum Gasteiger partial charge on any atom is -0.482 e. The Morgan fingerprint density at radius 1 is 1.38 bits per heavy atom. The normalized spacial score (nSPS) is 15.9. The third kappa shape index (κ3) is 4.86. The van der Waals surface area contributed by atoms with Gasteiger partial charge < -0.3 is 10.1 Å². The first-order valence-electron chi connectivity index (χ1n) is 6.52. The molecule has 21 heavy (non-hydrogen) atoms. The summed E-state index contributed by atoms with van der Waals surface area (Å²) in [6.45, 7) is -0.239. The van der Waals surface area contributed by atoms with Crippen LogP contribution in [0.2, 0.25) is 0 Å². The van der Waals surface area contributed by atoms with Crippen LogP contribution in [0.4, 0.5) is 0 Å². The van der Waals surface area contributed by atoms with E-state index in [0.717, 1.165) is 25.7 Å². The monoisotopic (exact) mass is 395 g/mol. The van der Waals surface area contributed by atoms with Crippen molar-refractivity contribution >= 4 is 41.6 Å². The first-order chi connectivity index (χ1) is 9.86. The summed E-state index contributed by atoms with van der Waals surface area (Å²) < 4.78 is 28.8. The maximum atomic E-state index is 11.8. The van der Waals surface area contributed by atoms with Crippen molar-refractivity contribution in [3.8, 4) is 5.75 Å². The summed E-state index contributed by atoms with van der Waals surface area (Å²) in [5.41, 5.74) is 0. The molecular weight excluding hydrogens is 382 g/mol. The molecule has 0 bridgehead atoms. The topological polar surface area (TPSA) is 72.5 Å². The highest BCUT2D eigenvalue weighted by molar-refractivity contribution is 9.10. The summed E-state index contributed by atoms with van der Waals surface area (Å²) >= 11 is 3.17. The molecule has 0 atom stereocenters. The Morgan fingerprint density at radius 2 is 2.05 bits per heavy atom. The Balaban J connectivity index is 2.01. The van der Waals surface area contributed by atoms with Crippen molar-refractivity contribution in [1.29, 1.82) is 0 Å². The number of hydrogen-bond acceptors (Lipinski definition) is 4. The molecule has 0 spiro atoms. The predicted molar refractivity (Wildman–Crippen MR) is 83.1 cm³/mol. The van der Waals surface area contributed by atoms with Gasteiger partial charge in [0.15, 0.2) is 6.61 Å². The summed E-state index contributed by atoms with van der Waals surface area (Å²) in [6.07, 6.45) is 4.19. The van der Waals surface area contributed by atoms with Gasteiger partial charge >= 0.3 is 0 Å². The Kier molecular flexibility index (Phi) is 5.51. The number of nitrogens with one attached hydrogen (secondary N) is 1. The van der Waals surface area contributed by atoms with Crippen molar-refractivity contribution in [3.63, 3.8) is 0 Å². The lowest BCUT2D eigenvalue weighted by Crippen LogP contribution is -2.36. The zero-order valence-corrected chi connectivity index (χ0v) is 14.3. The summed E-state index contributed by atoms with van der Waals surface area (Å²) in [5, 5.41) is 2.86. The van der Waals surface area contributed by atoms with Gasteiger partial charge in [-0.1, -0.05) is 28.8 Å². The number of benzene rings is 1. The van der Waals surface area contributed by atoms with Gasteiger partial charge in [-0.3, -0.25) is 4.79 Å². The number of carbonyl (C=O) groups is 1. The largest absolute Gasteiger partial charge is 0.482 e. The predicted octanol–water partition coefficient (Wildman–Crippen LogP) is 2.81. The lowest BCUT2D eigenvalue weighted by atomic mass is 10.2. The molecule has 116 valence electrons. The van der Waals surface area contributed by atoms with Gasteiger partial charge in [0, 0.05) is 21.2 Å². The molecule has 1 aromatic rings. The standard InChI is InChI=1S/C13H15BrClNO4S/c14-9-5-6-11(12(7-9)21(15,18)19)20-8-13(17)16-10-3-1-2-4-10/h5-7,10H,1-4,8H2,(H,16,17). The van der Waals surface area contributed by atoms with Crippen LogP contribution in [0.15, 0.2) is 27.6 Å². The first kappa shape index (κ1) is 16.6. The highest BCUT2D eigenvalue weighted by Gasteiger charge is 2.20. The molecule has 1 fully saturated rings. The summed E-state index contributed by atoms with van der Waals surface area (Å²) in [5.74, 6) is -0.197. The fourth-order valence-electron chi connectivity index (χ4n) is 2.27. The fraction of sp³-hybridized carbons (Fsp3) is 0.462. The van der Waals surface area contributed by atoms with Crippen molar-refractivity contribution in [3.05, 3.63) is 22.7 Å².